The predicted octanol–water partition coefficient (Wildman–Crippen LogP) is 2.81. The summed E-state index contributed by atoms with van der Waals surface area (Å²) >= 11 is -1.20. The summed E-state index contributed by atoms with van der Waals surface area (Å²) in [5.41, 5.74) is -0.876. The van der Waals surface area contributed by atoms with E-state index in [1.807, 2.05) is 0 Å². The van der Waals surface area contributed by atoms with Crippen LogP contribution in [0.25, 0.3) is 5.78 Å². The molecule has 3 heterocycles. The van der Waals surface area contributed by atoms with E-state index >= 15 is 0 Å². The second-order valence-corrected chi connectivity index (χ2v) is 8.27. The molecule has 0 aromatic carbocycles. The summed E-state index contributed by atoms with van der Waals surface area (Å²) in [4.78, 5) is 11.8. The molecule has 1 fully saturated rings. The molecule has 0 bridgehead atoms. The average Bonchev–Trinajstić information content (AvgIpc) is 3.11. The zero-order chi connectivity index (χ0) is 20.6. The fourth-order valence-electron chi connectivity index (χ4n) is 3.51. The van der Waals surface area contributed by atoms with Gasteiger partial charge in [0.2, 0.25) is 11.0 Å². The first-order valence-electron chi connectivity index (χ1n) is 9.02. The molecule has 0 radical (unpaired) electrons. The van der Waals surface area contributed by atoms with Crippen LogP contribution in [-0.4, -0.2) is 46.4 Å². The Hall–Kier alpha value is -2.47. The van der Waals surface area contributed by atoms with Crippen molar-refractivity contribution in [1.82, 2.24) is 29.5 Å². The van der Waals surface area contributed by atoms with E-state index in [9.17, 15) is 17.7 Å². The molecule has 1 aliphatic carbocycles. The summed E-state index contributed by atoms with van der Waals surface area (Å²) in [5, 5.41) is 11.9. The lowest BCUT2D eigenvalue weighted by molar-refractivity contribution is -0.138. The van der Waals surface area contributed by atoms with Gasteiger partial charge >= 0.3 is 6.18 Å². The molecule has 8 nitrogen and oxygen atoms in total. The Balaban J connectivity index is 1.48. The first-order valence-corrected chi connectivity index (χ1v) is 10.6. The van der Waals surface area contributed by atoms with Crippen LogP contribution in [0.15, 0.2) is 29.7 Å². The van der Waals surface area contributed by atoms with Crippen LogP contribution in [0, 0.1) is 0 Å². The third-order valence-corrected chi connectivity index (χ3v) is 5.74. The van der Waals surface area contributed by atoms with Crippen LogP contribution < -0.4 is 5.32 Å². The van der Waals surface area contributed by atoms with Crippen LogP contribution in [0.2, 0.25) is 0 Å². The zero-order valence-corrected chi connectivity index (χ0v) is 16.2. The standard InChI is InChI=1S/C17H18F3N7OS/c1-29(28)13-5-6-27-14(25-26-16(27)24-13)10-3-2-4-12(7-10)23-15-21-8-11(9-22-15)17(18,19)20/h5-6,8-10,12H,2-4,7H2,1H3,(H,21,22,23)/t10-,12+,29?/m0/s1. The van der Waals surface area contributed by atoms with Crippen molar-refractivity contribution in [2.75, 3.05) is 11.6 Å². The van der Waals surface area contributed by atoms with Gasteiger partial charge in [0.25, 0.3) is 5.78 Å². The Morgan fingerprint density at radius 1 is 1.21 bits per heavy atom. The molecule has 1 aliphatic rings. The molecule has 0 aliphatic heterocycles. The van der Waals surface area contributed by atoms with Crippen molar-refractivity contribution >= 4 is 22.9 Å². The first-order chi connectivity index (χ1) is 13.8. The maximum atomic E-state index is 12.6. The van der Waals surface area contributed by atoms with Gasteiger partial charge in [0.05, 0.1) is 5.56 Å². The van der Waals surface area contributed by atoms with E-state index in [1.54, 1.807) is 22.9 Å². The average molecular weight is 425 g/mol. The van der Waals surface area contributed by atoms with Crippen LogP contribution in [-0.2, 0) is 17.4 Å². The monoisotopic (exact) mass is 425 g/mol. The molecule has 4 rings (SSSR count). The molecular formula is C17H18F3N7OS. The summed E-state index contributed by atoms with van der Waals surface area (Å²) in [6.07, 6.45) is 3.83. The largest absolute Gasteiger partial charge is 0.610 e. The summed E-state index contributed by atoms with van der Waals surface area (Å²) in [6, 6.07) is 1.69. The lowest BCUT2D eigenvalue weighted by Crippen LogP contribution is -2.28. The van der Waals surface area contributed by atoms with Gasteiger partial charge in [0, 0.05) is 47.8 Å². The number of anilines is 1. The van der Waals surface area contributed by atoms with Gasteiger partial charge in [-0.25, -0.2) is 9.97 Å². The Bertz CT molecular complexity index is 993. The van der Waals surface area contributed by atoms with Crippen molar-refractivity contribution < 1.29 is 17.7 Å². The third kappa shape index (κ3) is 4.27. The number of hydrogen-bond acceptors (Lipinski definition) is 7. The fourth-order valence-corrected chi connectivity index (χ4v) is 3.98. The summed E-state index contributed by atoms with van der Waals surface area (Å²) in [5.74, 6) is 1.44. The Kier molecular flexibility index (Phi) is 5.30. The number of nitrogens with zero attached hydrogens (tertiary/aromatic N) is 6. The number of aromatic nitrogens is 6. The molecule has 3 aromatic heterocycles. The van der Waals surface area contributed by atoms with Gasteiger partial charge in [-0.3, -0.25) is 4.40 Å². The van der Waals surface area contributed by atoms with Crippen LogP contribution in [0.5, 0.6) is 0 Å². The highest BCUT2D eigenvalue weighted by Gasteiger charge is 2.32. The van der Waals surface area contributed by atoms with Crippen molar-refractivity contribution in [1.29, 1.82) is 0 Å². The van der Waals surface area contributed by atoms with Gasteiger partial charge < -0.3 is 9.87 Å². The summed E-state index contributed by atoms with van der Waals surface area (Å²) in [6.45, 7) is 0. The topological polar surface area (TPSA) is 104 Å². The fraction of sp³-hybridized carbons (Fsp3) is 0.471. The van der Waals surface area contributed by atoms with Gasteiger partial charge in [-0.2, -0.15) is 18.2 Å². The zero-order valence-electron chi connectivity index (χ0n) is 15.4. The summed E-state index contributed by atoms with van der Waals surface area (Å²) in [7, 11) is 0. The Morgan fingerprint density at radius 2 is 1.97 bits per heavy atom. The third-order valence-electron chi connectivity index (χ3n) is 4.93. The van der Waals surface area contributed by atoms with E-state index in [1.165, 1.54) is 0 Å². The van der Waals surface area contributed by atoms with Crippen molar-refractivity contribution in [2.45, 2.75) is 48.8 Å². The number of fused-ring (bicyclic) bond motifs is 1. The minimum Gasteiger partial charge on any atom is -0.610 e. The maximum absolute atomic E-state index is 12.6. The molecule has 3 aromatic rings. The second-order valence-electron chi connectivity index (χ2n) is 6.95. The predicted molar refractivity (Wildman–Crippen MR) is 98.8 cm³/mol. The number of alkyl halides is 3. The number of halogens is 3. The van der Waals surface area contributed by atoms with Crippen LogP contribution >= 0.6 is 0 Å². The van der Waals surface area contributed by atoms with E-state index in [4.69, 9.17) is 0 Å². The Labute approximate surface area is 167 Å². The highest BCUT2D eigenvalue weighted by Crippen LogP contribution is 2.33. The van der Waals surface area contributed by atoms with Gasteiger partial charge in [-0.05, 0) is 19.3 Å². The smallest absolute Gasteiger partial charge is 0.419 e. The minimum absolute atomic E-state index is 0.00761. The van der Waals surface area contributed by atoms with Gasteiger partial charge in [0.15, 0.2) is 0 Å². The van der Waals surface area contributed by atoms with Crippen LogP contribution in [0.4, 0.5) is 19.1 Å². The van der Waals surface area contributed by atoms with Crippen molar-refractivity contribution in [3.63, 3.8) is 0 Å². The Morgan fingerprint density at radius 3 is 2.66 bits per heavy atom. The highest BCUT2D eigenvalue weighted by atomic mass is 32.2. The molecule has 12 heteroatoms. The lowest BCUT2D eigenvalue weighted by Gasteiger charge is -2.28. The SMILES string of the molecule is C[S+]([O-])c1ccn2c([C@H]3CCC[C@@H](Nc4ncc(C(F)(F)F)cn4)C3)nnc2n1. The first kappa shape index (κ1) is 19.8. The van der Waals surface area contributed by atoms with E-state index in [2.05, 4.69) is 30.5 Å². The number of nitrogens with one attached hydrogen (secondary N) is 1. The normalized spacial score (nSPS) is 21.3. The van der Waals surface area contributed by atoms with Gasteiger partial charge in [-0.1, -0.05) is 6.42 Å². The molecule has 1 saturated carbocycles. The molecule has 1 unspecified atom stereocenters. The van der Waals surface area contributed by atoms with Crippen molar-refractivity contribution in [3.05, 3.63) is 36.0 Å². The van der Waals surface area contributed by atoms with Gasteiger partial charge in [0.1, 0.15) is 12.1 Å². The molecule has 29 heavy (non-hydrogen) atoms. The number of hydrogen-bond donors (Lipinski definition) is 1. The molecule has 0 saturated heterocycles. The van der Waals surface area contributed by atoms with Crippen LogP contribution in [0.1, 0.15) is 43.0 Å². The van der Waals surface area contributed by atoms with Gasteiger partial charge in [-0.15, -0.1) is 10.2 Å². The summed E-state index contributed by atoms with van der Waals surface area (Å²) < 4.78 is 51.3. The van der Waals surface area contributed by atoms with E-state index in [0.29, 0.717) is 17.2 Å². The lowest BCUT2D eigenvalue weighted by atomic mass is 9.85. The van der Waals surface area contributed by atoms with E-state index in [-0.39, 0.29) is 17.9 Å². The van der Waals surface area contributed by atoms with Crippen molar-refractivity contribution in [3.8, 4) is 0 Å². The second kappa shape index (κ2) is 7.75. The van der Waals surface area contributed by atoms with E-state index in [0.717, 1.165) is 37.5 Å². The maximum Gasteiger partial charge on any atom is 0.419 e. The minimum atomic E-state index is -4.46. The number of rotatable bonds is 4. The van der Waals surface area contributed by atoms with E-state index < -0.39 is 22.9 Å². The molecule has 0 amide bonds. The molecule has 0 spiro atoms. The molecule has 154 valence electrons. The molecule has 1 N–H and O–H groups in total. The highest BCUT2D eigenvalue weighted by molar-refractivity contribution is 7.90. The van der Waals surface area contributed by atoms with Crippen molar-refractivity contribution in [2.24, 2.45) is 0 Å². The molecule has 3 atom stereocenters. The molecular weight excluding hydrogens is 407 g/mol. The quantitative estimate of drug-likeness (QED) is 0.506. The van der Waals surface area contributed by atoms with Crippen LogP contribution in [0.3, 0.4) is 0 Å².